The molecule has 2 aliphatic rings. The van der Waals surface area contributed by atoms with Gasteiger partial charge in [-0.15, -0.1) is 0 Å². The van der Waals surface area contributed by atoms with Crippen molar-refractivity contribution in [2.45, 2.75) is 18.5 Å². The predicted octanol–water partition coefficient (Wildman–Crippen LogP) is 3.47. The molecule has 200 valence electrons. The largest absolute Gasteiger partial charge is 0.492 e. The number of nitrogens with one attached hydrogen (secondary N) is 3. The number of hydrogen-bond donors (Lipinski definition) is 3. The minimum atomic E-state index is 0.288. The van der Waals surface area contributed by atoms with Gasteiger partial charge < -0.3 is 25.5 Å². The van der Waals surface area contributed by atoms with Gasteiger partial charge in [0, 0.05) is 63.0 Å². The molecule has 10 heteroatoms. The number of benzene rings is 1. The van der Waals surface area contributed by atoms with E-state index in [-0.39, 0.29) is 5.54 Å². The van der Waals surface area contributed by atoms with Crippen LogP contribution < -0.4 is 15.4 Å². The number of ether oxygens (including phenoxy) is 2. The van der Waals surface area contributed by atoms with Gasteiger partial charge >= 0.3 is 0 Å². The van der Waals surface area contributed by atoms with Crippen molar-refractivity contribution < 1.29 is 9.47 Å². The zero-order chi connectivity index (χ0) is 26.7. The minimum absolute atomic E-state index is 0.288. The zero-order valence-corrected chi connectivity index (χ0v) is 21.9. The van der Waals surface area contributed by atoms with Crippen LogP contribution in [0.2, 0.25) is 0 Å². The van der Waals surface area contributed by atoms with E-state index in [1.165, 1.54) is 12.6 Å². The quantitative estimate of drug-likeness (QED) is 0.256. The second-order valence-corrected chi connectivity index (χ2v) is 9.91. The first-order valence-corrected chi connectivity index (χ1v) is 13.1. The lowest BCUT2D eigenvalue weighted by Gasteiger charge is -2.57. The number of fused-ring (bicyclic) bond motifs is 1. The molecule has 3 aromatic heterocycles. The van der Waals surface area contributed by atoms with Crippen molar-refractivity contribution >= 4 is 23.3 Å². The molecular formula is C29H32N8O2. The molecule has 2 aliphatic heterocycles. The Bertz CT molecular complexity index is 1490. The molecular weight excluding hydrogens is 492 g/mol. The highest BCUT2D eigenvalue weighted by molar-refractivity contribution is 6.08. The lowest BCUT2D eigenvalue weighted by molar-refractivity contribution is -0.193. The van der Waals surface area contributed by atoms with Crippen LogP contribution in [0.4, 0.5) is 5.82 Å². The molecule has 10 nitrogen and oxygen atoms in total. The number of rotatable bonds is 11. The molecule has 2 saturated heterocycles. The van der Waals surface area contributed by atoms with E-state index in [4.69, 9.17) is 14.9 Å². The Hall–Kier alpha value is -4.28. The molecule has 0 aliphatic carbocycles. The molecule has 0 unspecified atom stereocenters. The number of nitrogens with zero attached hydrogens (tertiary/aromatic N) is 5. The third-order valence-corrected chi connectivity index (χ3v) is 7.52. The summed E-state index contributed by atoms with van der Waals surface area (Å²) in [6.45, 7) is 5.00. The predicted molar refractivity (Wildman–Crippen MR) is 151 cm³/mol. The fraction of sp³-hybridized carbons (Fsp3) is 0.310. The van der Waals surface area contributed by atoms with Crippen molar-refractivity contribution in [3.05, 3.63) is 78.5 Å². The van der Waals surface area contributed by atoms with Crippen LogP contribution in [0, 0.1) is 5.41 Å². The summed E-state index contributed by atoms with van der Waals surface area (Å²) < 4.78 is 13.5. The highest BCUT2D eigenvalue weighted by Crippen LogP contribution is 2.36. The second kappa shape index (κ2) is 10.8. The molecule has 5 heterocycles. The highest BCUT2D eigenvalue weighted by atomic mass is 16.5. The first-order chi connectivity index (χ1) is 19.2. The molecule has 0 radical (unpaired) electrons. The van der Waals surface area contributed by atoms with Crippen molar-refractivity contribution in [2.75, 3.05) is 45.3 Å². The molecule has 39 heavy (non-hydrogen) atoms. The Morgan fingerprint density at radius 1 is 1.15 bits per heavy atom. The summed E-state index contributed by atoms with van der Waals surface area (Å²) in [5.74, 6) is 1.54. The minimum Gasteiger partial charge on any atom is -0.492 e. The van der Waals surface area contributed by atoms with Crippen LogP contribution in [-0.2, 0) is 11.3 Å². The van der Waals surface area contributed by atoms with Crippen molar-refractivity contribution in [1.82, 2.24) is 29.6 Å². The van der Waals surface area contributed by atoms with Crippen molar-refractivity contribution in [2.24, 2.45) is 0 Å². The van der Waals surface area contributed by atoms with E-state index < -0.39 is 0 Å². The Labute approximate surface area is 227 Å². The van der Waals surface area contributed by atoms with E-state index >= 15 is 0 Å². The SMILES string of the molecule is CN/C=C(\C=N)c1ccc(CNc2cc(-c3cnc4cc(OCCN5CCC56COC6)ccn34)ncn2)cc1. The lowest BCUT2D eigenvalue weighted by atomic mass is 9.83. The van der Waals surface area contributed by atoms with Gasteiger partial charge in [-0.25, -0.2) is 15.0 Å². The van der Waals surface area contributed by atoms with Crippen LogP contribution in [0.25, 0.3) is 22.6 Å². The van der Waals surface area contributed by atoms with E-state index in [1.54, 1.807) is 6.33 Å². The van der Waals surface area contributed by atoms with Gasteiger partial charge in [0.15, 0.2) is 0 Å². The lowest BCUT2D eigenvalue weighted by Crippen LogP contribution is -2.71. The summed E-state index contributed by atoms with van der Waals surface area (Å²) in [5, 5.41) is 13.9. The topological polar surface area (TPSA) is 113 Å². The van der Waals surface area contributed by atoms with E-state index in [9.17, 15) is 0 Å². The van der Waals surface area contributed by atoms with Crippen LogP contribution in [0.1, 0.15) is 17.5 Å². The average Bonchev–Trinajstić information content (AvgIpc) is 3.35. The first kappa shape index (κ1) is 25.0. The molecule has 1 aromatic carbocycles. The Morgan fingerprint density at radius 3 is 2.74 bits per heavy atom. The van der Waals surface area contributed by atoms with Crippen LogP contribution in [0.15, 0.2) is 67.4 Å². The van der Waals surface area contributed by atoms with Gasteiger partial charge in [0.25, 0.3) is 0 Å². The summed E-state index contributed by atoms with van der Waals surface area (Å²) in [6.07, 6.45) is 9.74. The van der Waals surface area contributed by atoms with Gasteiger partial charge in [0.05, 0.1) is 36.3 Å². The summed E-state index contributed by atoms with van der Waals surface area (Å²) in [7, 11) is 1.83. The van der Waals surface area contributed by atoms with Crippen molar-refractivity contribution in [1.29, 1.82) is 5.41 Å². The molecule has 6 rings (SSSR count). The normalized spacial score (nSPS) is 16.5. The maximum absolute atomic E-state index is 7.58. The van der Waals surface area contributed by atoms with Gasteiger partial charge in [-0.3, -0.25) is 9.30 Å². The van der Waals surface area contributed by atoms with Gasteiger partial charge in [-0.2, -0.15) is 0 Å². The van der Waals surface area contributed by atoms with E-state index in [0.717, 1.165) is 71.6 Å². The second-order valence-electron chi connectivity index (χ2n) is 9.91. The zero-order valence-electron chi connectivity index (χ0n) is 21.9. The monoisotopic (exact) mass is 524 g/mol. The summed E-state index contributed by atoms with van der Waals surface area (Å²) in [4.78, 5) is 15.9. The first-order valence-electron chi connectivity index (χ1n) is 13.1. The van der Waals surface area contributed by atoms with Crippen LogP contribution in [0.5, 0.6) is 5.75 Å². The van der Waals surface area contributed by atoms with Gasteiger partial charge in [-0.1, -0.05) is 24.3 Å². The number of allylic oxidation sites excluding steroid dienone is 1. The number of likely N-dealkylation sites (tertiary alicyclic amines) is 1. The summed E-state index contributed by atoms with van der Waals surface area (Å²) in [6, 6.07) is 14.0. The number of hydrogen-bond acceptors (Lipinski definition) is 9. The standard InChI is InChI=1S/C29H32N8O2/c1-31-16-23(14-30)22-4-2-21(3-5-22)15-32-27-13-25(34-20-35-27)26-17-33-28-12-24(6-8-37(26)28)39-11-10-36-9-7-29(36)18-38-19-29/h2-6,8,12-14,16-17,20,30-31H,7,9-11,15,18-19H2,1H3,(H,32,34,35)/b23-16+,30-14?. The average molecular weight is 525 g/mol. The van der Waals surface area contributed by atoms with Gasteiger partial charge in [0.2, 0.25) is 0 Å². The summed E-state index contributed by atoms with van der Waals surface area (Å²) >= 11 is 0. The molecule has 0 amide bonds. The van der Waals surface area contributed by atoms with Crippen LogP contribution in [-0.4, -0.2) is 76.0 Å². The van der Waals surface area contributed by atoms with Crippen molar-refractivity contribution in [3.8, 4) is 17.1 Å². The van der Waals surface area contributed by atoms with E-state index in [2.05, 4.69) is 30.5 Å². The number of aromatic nitrogens is 4. The molecule has 0 saturated carbocycles. The fourth-order valence-electron chi connectivity index (χ4n) is 5.08. The molecule has 3 N–H and O–H groups in total. The van der Waals surface area contributed by atoms with E-state index in [0.29, 0.717) is 13.2 Å². The Balaban J connectivity index is 1.08. The molecule has 0 bridgehead atoms. The van der Waals surface area contributed by atoms with E-state index in [1.807, 2.05) is 72.5 Å². The molecule has 4 aromatic rings. The number of pyridine rings is 1. The smallest absolute Gasteiger partial charge is 0.140 e. The number of anilines is 1. The third-order valence-electron chi connectivity index (χ3n) is 7.52. The molecule has 2 fully saturated rings. The van der Waals surface area contributed by atoms with Crippen LogP contribution in [0.3, 0.4) is 0 Å². The summed E-state index contributed by atoms with van der Waals surface area (Å²) in [5.41, 5.74) is 5.68. The highest BCUT2D eigenvalue weighted by Gasteiger charge is 2.50. The Kier molecular flexibility index (Phi) is 6.95. The molecule has 0 atom stereocenters. The van der Waals surface area contributed by atoms with Crippen molar-refractivity contribution in [3.63, 3.8) is 0 Å². The maximum Gasteiger partial charge on any atom is 0.140 e. The third kappa shape index (κ3) is 5.08. The van der Waals surface area contributed by atoms with Gasteiger partial charge in [-0.05, 0) is 23.6 Å². The fourth-order valence-corrected chi connectivity index (χ4v) is 5.08. The van der Waals surface area contributed by atoms with Crippen LogP contribution >= 0.6 is 0 Å². The molecule has 1 spiro atoms. The Morgan fingerprint density at radius 2 is 2.03 bits per heavy atom. The number of imidazole rings is 1. The van der Waals surface area contributed by atoms with Gasteiger partial charge in [0.1, 0.15) is 30.1 Å². The maximum atomic E-state index is 7.58.